The van der Waals surface area contributed by atoms with Gasteiger partial charge in [0.1, 0.15) is 0 Å². The van der Waals surface area contributed by atoms with Crippen LogP contribution in [0.4, 0.5) is 0 Å². The Morgan fingerprint density at radius 2 is 2.06 bits per heavy atom. The molecule has 0 heterocycles. The Hall–Kier alpha value is -0.930. The van der Waals surface area contributed by atoms with Crippen LogP contribution in [-0.4, -0.2) is 18.8 Å². The van der Waals surface area contributed by atoms with E-state index in [2.05, 4.69) is 26.1 Å². The molecular formula is C14H22ClNO2. The second-order valence-electron chi connectivity index (χ2n) is 5.24. The maximum absolute atomic E-state index is 9.98. The number of nitrogens with one attached hydrogen (secondary N) is 1. The number of aromatic hydroxyl groups is 1. The normalized spacial score (nSPS) is 11.6. The summed E-state index contributed by atoms with van der Waals surface area (Å²) in [4.78, 5) is 0. The molecule has 0 amide bonds. The second-order valence-corrected chi connectivity index (χ2v) is 5.67. The molecule has 0 unspecified atom stereocenters. The molecule has 0 aromatic heterocycles. The average molecular weight is 272 g/mol. The number of ether oxygens (including phenoxy) is 1. The van der Waals surface area contributed by atoms with E-state index in [0.717, 1.165) is 18.5 Å². The molecule has 0 atom stereocenters. The zero-order chi connectivity index (χ0) is 13.8. The lowest BCUT2D eigenvalue weighted by molar-refractivity contribution is 0.325. The van der Waals surface area contributed by atoms with Crippen LogP contribution in [-0.2, 0) is 6.54 Å². The minimum atomic E-state index is 0.156. The molecule has 0 bridgehead atoms. The highest BCUT2D eigenvalue weighted by Crippen LogP contribution is 2.33. The molecule has 102 valence electrons. The minimum Gasteiger partial charge on any atom is -0.504 e. The van der Waals surface area contributed by atoms with Gasteiger partial charge < -0.3 is 15.2 Å². The van der Waals surface area contributed by atoms with E-state index in [9.17, 15) is 5.11 Å². The zero-order valence-corrected chi connectivity index (χ0v) is 12.3. The molecule has 18 heavy (non-hydrogen) atoms. The largest absolute Gasteiger partial charge is 0.504 e. The fourth-order valence-electron chi connectivity index (χ4n) is 1.58. The van der Waals surface area contributed by atoms with Gasteiger partial charge in [0.15, 0.2) is 11.5 Å². The molecule has 2 N–H and O–H groups in total. The van der Waals surface area contributed by atoms with E-state index in [1.165, 1.54) is 7.11 Å². The quantitative estimate of drug-likeness (QED) is 0.831. The van der Waals surface area contributed by atoms with Crippen LogP contribution in [0.15, 0.2) is 12.1 Å². The predicted molar refractivity (Wildman–Crippen MR) is 75.4 cm³/mol. The molecule has 0 aliphatic carbocycles. The molecule has 1 aromatic carbocycles. The molecular weight excluding hydrogens is 250 g/mol. The first-order valence-corrected chi connectivity index (χ1v) is 6.53. The van der Waals surface area contributed by atoms with Gasteiger partial charge >= 0.3 is 0 Å². The van der Waals surface area contributed by atoms with Crippen molar-refractivity contribution >= 4 is 11.6 Å². The fourth-order valence-corrected chi connectivity index (χ4v) is 1.81. The van der Waals surface area contributed by atoms with Crippen molar-refractivity contribution < 1.29 is 9.84 Å². The Morgan fingerprint density at radius 1 is 1.39 bits per heavy atom. The van der Waals surface area contributed by atoms with Crippen molar-refractivity contribution in [3.8, 4) is 11.5 Å². The van der Waals surface area contributed by atoms with E-state index < -0.39 is 0 Å². The van der Waals surface area contributed by atoms with Gasteiger partial charge in [0, 0.05) is 29.7 Å². The molecule has 0 saturated carbocycles. The first-order valence-electron chi connectivity index (χ1n) is 6.15. The van der Waals surface area contributed by atoms with E-state index in [4.69, 9.17) is 16.3 Å². The average Bonchev–Trinajstić information content (AvgIpc) is 2.33. The maximum atomic E-state index is 9.98. The topological polar surface area (TPSA) is 41.5 Å². The van der Waals surface area contributed by atoms with E-state index >= 15 is 0 Å². The van der Waals surface area contributed by atoms with Gasteiger partial charge in [-0.15, -0.1) is 0 Å². The van der Waals surface area contributed by atoms with E-state index in [0.29, 0.717) is 17.3 Å². The summed E-state index contributed by atoms with van der Waals surface area (Å²) in [5.41, 5.74) is 1.00. The number of phenolic OH excluding ortho intramolecular Hbond substituents is 1. The molecule has 4 heteroatoms. The fraction of sp³-hybridized carbons (Fsp3) is 0.571. The molecule has 0 aliphatic heterocycles. The first kappa shape index (κ1) is 15.1. The van der Waals surface area contributed by atoms with E-state index in [1.807, 2.05) is 0 Å². The molecule has 1 aromatic rings. The van der Waals surface area contributed by atoms with Crippen molar-refractivity contribution in [1.29, 1.82) is 0 Å². The summed E-state index contributed by atoms with van der Waals surface area (Å²) in [5, 5.41) is 13.9. The van der Waals surface area contributed by atoms with Gasteiger partial charge in [-0.2, -0.15) is 0 Å². The van der Waals surface area contributed by atoms with Crippen molar-refractivity contribution in [1.82, 2.24) is 5.32 Å². The number of hydrogen-bond donors (Lipinski definition) is 2. The van der Waals surface area contributed by atoms with Crippen molar-refractivity contribution in [2.24, 2.45) is 5.41 Å². The molecule has 0 saturated heterocycles. The number of rotatable bonds is 6. The van der Waals surface area contributed by atoms with Crippen LogP contribution in [0.25, 0.3) is 0 Å². The van der Waals surface area contributed by atoms with Crippen molar-refractivity contribution in [2.75, 3.05) is 13.7 Å². The first-order chi connectivity index (χ1) is 8.39. The summed E-state index contributed by atoms with van der Waals surface area (Å²) in [6.07, 6.45) is 1.10. The highest BCUT2D eigenvalue weighted by molar-refractivity contribution is 6.30. The molecule has 1 rings (SSSR count). The molecule has 3 nitrogen and oxygen atoms in total. The van der Waals surface area contributed by atoms with Gasteiger partial charge in [-0.25, -0.2) is 0 Å². The summed E-state index contributed by atoms with van der Waals surface area (Å²) in [5.74, 6) is 0.567. The smallest absolute Gasteiger partial charge is 0.162 e. The van der Waals surface area contributed by atoms with Crippen molar-refractivity contribution in [2.45, 2.75) is 33.7 Å². The lowest BCUT2D eigenvalue weighted by Crippen LogP contribution is -2.28. The highest BCUT2D eigenvalue weighted by atomic mass is 35.5. The van der Waals surface area contributed by atoms with Gasteiger partial charge in [-0.1, -0.05) is 32.4 Å². The Labute approximate surface area is 114 Å². The van der Waals surface area contributed by atoms with Gasteiger partial charge in [0.25, 0.3) is 0 Å². The second kappa shape index (κ2) is 6.30. The number of benzene rings is 1. The van der Waals surface area contributed by atoms with Gasteiger partial charge in [0.2, 0.25) is 0 Å². The zero-order valence-electron chi connectivity index (χ0n) is 11.5. The SMILES string of the molecule is CCC(C)(C)CNCc1cc(Cl)cc(OC)c1O. The van der Waals surface area contributed by atoms with Crippen LogP contribution in [0.5, 0.6) is 11.5 Å². The molecule has 0 radical (unpaired) electrons. The van der Waals surface area contributed by atoms with Crippen LogP contribution in [0.3, 0.4) is 0 Å². The summed E-state index contributed by atoms with van der Waals surface area (Å²) < 4.78 is 5.07. The van der Waals surface area contributed by atoms with E-state index in [1.54, 1.807) is 12.1 Å². The number of phenols is 1. The maximum Gasteiger partial charge on any atom is 0.162 e. The van der Waals surface area contributed by atoms with E-state index in [-0.39, 0.29) is 11.2 Å². The standard InChI is InChI=1S/C14H22ClNO2/c1-5-14(2,3)9-16-8-10-6-11(15)7-12(18-4)13(10)17/h6-7,16-17H,5,8-9H2,1-4H3. The Morgan fingerprint density at radius 3 is 2.61 bits per heavy atom. The van der Waals surface area contributed by atoms with Crippen LogP contribution < -0.4 is 10.1 Å². The van der Waals surface area contributed by atoms with Gasteiger partial charge in [0.05, 0.1) is 7.11 Å². The van der Waals surface area contributed by atoms with Crippen molar-refractivity contribution in [3.05, 3.63) is 22.7 Å². The summed E-state index contributed by atoms with van der Waals surface area (Å²) in [6, 6.07) is 3.36. The Balaban J connectivity index is 2.70. The third kappa shape index (κ3) is 4.07. The Kier molecular flexibility index (Phi) is 5.29. The molecule has 0 spiro atoms. The highest BCUT2D eigenvalue weighted by Gasteiger charge is 2.15. The predicted octanol–water partition coefficient (Wildman–Crippen LogP) is 3.58. The summed E-state index contributed by atoms with van der Waals surface area (Å²) in [7, 11) is 1.52. The van der Waals surface area contributed by atoms with Crippen LogP contribution in [0.2, 0.25) is 5.02 Å². The summed E-state index contributed by atoms with van der Waals surface area (Å²) in [6.45, 7) is 8.04. The lowest BCUT2D eigenvalue weighted by Gasteiger charge is -2.23. The lowest BCUT2D eigenvalue weighted by atomic mass is 9.90. The van der Waals surface area contributed by atoms with Crippen LogP contribution in [0, 0.1) is 5.41 Å². The number of hydrogen-bond acceptors (Lipinski definition) is 3. The van der Waals surface area contributed by atoms with Crippen LogP contribution >= 0.6 is 11.6 Å². The molecule has 0 aliphatic rings. The monoisotopic (exact) mass is 271 g/mol. The summed E-state index contributed by atoms with van der Waals surface area (Å²) >= 11 is 5.98. The van der Waals surface area contributed by atoms with Gasteiger partial charge in [-0.05, 0) is 17.9 Å². The third-order valence-corrected chi connectivity index (χ3v) is 3.43. The molecule has 0 fully saturated rings. The van der Waals surface area contributed by atoms with Gasteiger partial charge in [-0.3, -0.25) is 0 Å². The Bertz CT molecular complexity index is 405. The number of halogens is 1. The minimum absolute atomic E-state index is 0.156. The van der Waals surface area contributed by atoms with Crippen LogP contribution in [0.1, 0.15) is 32.8 Å². The number of methoxy groups -OCH3 is 1. The van der Waals surface area contributed by atoms with Crippen molar-refractivity contribution in [3.63, 3.8) is 0 Å². The third-order valence-electron chi connectivity index (χ3n) is 3.21.